The van der Waals surface area contributed by atoms with Gasteiger partial charge in [-0.25, -0.2) is 4.39 Å². The van der Waals surface area contributed by atoms with Gasteiger partial charge >= 0.3 is 6.18 Å². The number of rotatable bonds is 5. The number of hydrogen-bond acceptors (Lipinski definition) is 2. The summed E-state index contributed by atoms with van der Waals surface area (Å²) < 4.78 is 52.5. The third kappa shape index (κ3) is 4.83. The second-order valence-corrected chi connectivity index (χ2v) is 3.80. The van der Waals surface area contributed by atoms with E-state index in [1.54, 1.807) is 0 Å². The van der Waals surface area contributed by atoms with Gasteiger partial charge in [0.05, 0.1) is 6.61 Å². The smallest absolute Gasteiger partial charge is 0.372 e. The summed E-state index contributed by atoms with van der Waals surface area (Å²) in [5.74, 6) is -0.805. The predicted molar refractivity (Wildman–Crippen MR) is 57.0 cm³/mol. The second-order valence-electron chi connectivity index (χ2n) is 3.80. The molecular weight excluding hydrogens is 252 g/mol. The zero-order valence-corrected chi connectivity index (χ0v) is 9.68. The molecule has 1 rings (SSSR count). The van der Waals surface area contributed by atoms with Crippen molar-refractivity contribution in [3.8, 4) is 0 Å². The van der Waals surface area contributed by atoms with Crippen LogP contribution in [0.5, 0.6) is 0 Å². The number of ether oxygens (including phenoxy) is 1. The van der Waals surface area contributed by atoms with Crippen molar-refractivity contribution in [2.75, 3.05) is 13.2 Å². The van der Waals surface area contributed by atoms with Crippen molar-refractivity contribution in [1.82, 2.24) is 0 Å². The Morgan fingerprint density at radius 3 is 2.56 bits per heavy atom. The fourth-order valence-corrected chi connectivity index (χ4v) is 1.32. The van der Waals surface area contributed by atoms with E-state index in [1.165, 1.54) is 19.1 Å². The molecule has 0 radical (unpaired) electrons. The number of alkyl halides is 3. The maximum Gasteiger partial charge on any atom is 0.411 e. The molecule has 0 unspecified atom stereocenters. The fourth-order valence-electron chi connectivity index (χ4n) is 1.32. The average molecular weight is 264 g/mol. The Balaban J connectivity index is 2.43. The number of carbonyl (C=O) groups excluding carboxylic acids is 1. The van der Waals surface area contributed by atoms with E-state index in [-0.39, 0.29) is 24.4 Å². The lowest BCUT2D eigenvalue weighted by molar-refractivity contribution is -0.173. The molecular formula is C12H12F4O2. The van der Waals surface area contributed by atoms with E-state index >= 15 is 0 Å². The van der Waals surface area contributed by atoms with Gasteiger partial charge in [0.15, 0.2) is 5.78 Å². The molecule has 0 aromatic heterocycles. The number of benzene rings is 1. The van der Waals surface area contributed by atoms with Crippen LogP contribution in [0.4, 0.5) is 17.6 Å². The largest absolute Gasteiger partial charge is 0.411 e. The van der Waals surface area contributed by atoms with Crippen molar-refractivity contribution in [3.63, 3.8) is 0 Å². The minimum absolute atomic E-state index is 0.166. The van der Waals surface area contributed by atoms with E-state index in [0.29, 0.717) is 5.56 Å². The Hall–Kier alpha value is -1.43. The molecule has 0 spiro atoms. The van der Waals surface area contributed by atoms with Crippen molar-refractivity contribution in [1.29, 1.82) is 0 Å². The summed E-state index contributed by atoms with van der Waals surface area (Å²) in [6.45, 7) is -0.177. The Kier molecular flexibility index (Phi) is 4.84. The van der Waals surface area contributed by atoms with Gasteiger partial charge in [-0.2, -0.15) is 13.2 Å². The van der Waals surface area contributed by atoms with Crippen LogP contribution in [0.3, 0.4) is 0 Å². The Labute approximate surface area is 102 Å². The lowest BCUT2D eigenvalue weighted by atomic mass is 10.1. The van der Waals surface area contributed by atoms with Gasteiger partial charge in [0, 0.05) is 12.0 Å². The quantitative estimate of drug-likeness (QED) is 0.463. The van der Waals surface area contributed by atoms with Gasteiger partial charge in [-0.05, 0) is 30.7 Å². The highest BCUT2D eigenvalue weighted by Gasteiger charge is 2.27. The van der Waals surface area contributed by atoms with Crippen LogP contribution in [0.2, 0.25) is 0 Å². The molecule has 0 aliphatic carbocycles. The number of Topliss-reactive ketones (excluding diaryl/α,β-unsaturated/α-hetero) is 1. The molecule has 0 saturated carbocycles. The topological polar surface area (TPSA) is 26.3 Å². The molecule has 1 aromatic rings. The van der Waals surface area contributed by atoms with Crippen molar-refractivity contribution in [2.24, 2.45) is 0 Å². The van der Waals surface area contributed by atoms with Crippen LogP contribution in [0.25, 0.3) is 0 Å². The molecule has 0 heterocycles. The summed E-state index contributed by atoms with van der Waals surface area (Å²) in [6, 6.07) is 3.81. The molecule has 0 fully saturated rings. The van der Waals surface area contributed by atoms with Crippen LogP contribution in [0.15, 0.2) is 18.2 Å². The van der Waals surface area contributed by atoms with E-state index in [2.05, 4.69) is 4.74 Å². The third-order valence-electron chi connectivity index (χ3n) is 2.22. The fraction of sp³-hybridized carbons (Fsp3) is 0.417. The summed E-state index contributed by atoms with van der Waals surface area (Å²) in [5, 5.41) is 0. The predicted octanol–water partition coefficient (Wildman–Crippen LogP) is 3.29. The molecule has 0 amide bonds. The summed E-state index contributed by atoms with van der Waals surface area (Å²) >= 11 is 0. The number of carbonyl (C=O) groups is 1. The van der Waals surface area contributed by atoms with Gasteiger partial charge < -0.3 is 4.74 Å². The van der Waals surface area contributed by atoms with Crippen LogP contribution < -0.4 is 0 Å². The lowest BCUT2D eigenvalue weighted by Crippen LogP contribution is -2.18. The molecule has 0 N–H and O–H groups in total. The Morgan fingerprint density at radius 1 is 1.33 bits per heavy atom. The highest BCUT2D eigenvalue weighted by atomic mass is 19.4. The minimum atomic E-state index is -4.39. The molecule has 18 heavy (non-hydrogen) atoms. The van der Waals surface area contributed by atoms with Gasteiger partial charge in [0.2, 0.25) is 0 Å². The standard InChI is InChI=1S/C12H12F4O2/c1-8-6-9(2-3-10(8)13)11(17)4-5-18-7-12(14,15)16/h2-3,6H,4-5,7H2,1H3. The Morgan fingerprint density at radius 2 is 2.00 bits per heavy atom. The first-order valence-corrected chi connectivity index (χ1v) is 5.23. The number of halogens is 4. The first kappa shape index (κ1) is 14.6. The summed E-state index contributed by atoms with van der Waals surface area (Å²) in [7, 11) is 0. The van der Waals surface area contributed by atoms with Crippen LogP contribution in [-0.4, -0.2) is 25.2 Å². The zero-order chi connectivity index (χ0) is 13.8. The molecule has 0 aliphatic heterocycles. The van der Waals surface area contributed by atoms with E-state index < -0.39 is 18.6 Å². The third-order valence-corrected chi connectivity index (χ3v) is 2.22. The van der Waals surface area contributed by atoms with E-state index in [9.17, 15) is 22.4 Å². The second kappa shape index (κ2) is 5.95. The molecule has 0 atom stereocenters. The first-order valence-electron chi connectivity index (χ1n) is 5.23. The first-order chi connectivity index (χ1) is 8.29. The van der Waals surface area contributed by atoms with Crippen molar-refractivity contribution < 1.29 is 27.1 Å². The minimum Gasteiger partial charge on any atom is -0.372 e. The monoisotopic (exact) mass is 264 g/mol. The van der Waals surface area contributed by atoms with Gasteiger partial charge in [-0.3, -0.25) is 4.79 Å². The highest BCUT2D eigenvalue weighted by molar-refractivity contribution is 5.96. The molecule has 0 bridgehead atoms. The van der Waals surface area contributed by atoms with Gasteiger partial charge in [-0.1, -0.05) is 0 Å². The van der Waals surface area contributed by atoms with Gasteiger partial charge in [-0.15, -0.1) is 0 Å². The molecule has 2 nitrogen and oxygen atoms in total. The van der Waals surface area contributed by atoms with E-state index in [1.807, 2.05) is 0 Å². The molecule has 0 aliphatic rings. The summed E-state index contributed by atoms with van der Waals surface area (Å²) in [6.07, 6.45) is -4.56. The number of hydrogen-bond donors (Lipinski definition) is 0. The van der Waals surface area contributed by atoms with Crippen LogP contribution in [0, 0.1) is 12.7 Å². The highest BCUT2D eigenvalue weighted by Crippen LogP contribution is 2.15. The van der Waals surface area contributed by atoms with Crippen molar-refractivity contribution in [2.45, 2.75) is 19.5 Å². The number of aryl methyl sites for hydroxylation is 1. The van der Waals surface area contributed by atoms with Crippen LogP contribution in [0.1, 0.15) is 22.3 Å². The van der Waals surface area contributed by atoms with Crippen LogP contribution >= 0.6 is 0 Å². The van der Waals surface area contributed by atoms with Crippen molar-refractivity contribution in [3.05, 3.63) is 35.1 Å². The lowest BCUT2D eigenvalue weighted by Gasteiger charge is -2.07. The van der Waals surface area contributed by atoms with Gasteiger partial charge in [0.25, 0.3) is 0 Å². The average Bonchev–Trinajstić information content (AvgIpc) is 2.26. The normalized spacial score (nSPS) is 11.6. The zero-order valence-electron chi connectivity index (χ0n) is 9.68. The Bertz CT molecular complexity index is 427. The molecule has 0 saturated heterocycles. The maximum atomic E-state index is 12.9. The van der Waals surface area contributed by atoms with Crippen molar-refractivity contribution >= 4 is 5.78 Å². The van der Waals surface area contributed by atoms with E-state index in [4.69, 9.17) is 0 Å². The molecule has 1 aromatic carbocycles. The maximum absolute atomic E-state index is 12.9. The van der Waals surface area contributed by atoms with E-state index in [0.717, 1.165) is 6.07 Å². The summed E-state index contributed by atoms with van der Waals surface area (Å²) in [5.41, 5.74) is 0.585. The number of ketones is 1. The SMILES string of the molecule is Cc1cc(C(=O)CCOCC(F)(F)F)ccc1F. The summed E-state index contributed by atoms with van der Waals surface area (Å²) in [4.78, 5) is 11.5. The van der Waals surface area contributed by atoms with Crippen LogP contribution in [-0.2, 0) is 4.74 Å². The molecule has 6 heteroatoms. The molecule has 100 valence electrons. The van der Waals surface area contributed by atoms with Gasteiger partial charge in [0.1, 0.15) is 12.4 Å².